The first-order valence-electron chi connectivity index (χ1n) is 8.53. The van der Waals surface area contributed by atoms with Gasteiger partial charge in [0.05, 0.1) is 11.2 Å². The summed E-state index contributed by atoms with van der Waals surface area (Å²) in [6.07, 6.45) is 1.22. The molecule has 2 aromatic carbocycles. The van der Waals surface area contributed by atoms with Gasteiger partial charge < -0.3 is 15.3 Å². The van der Waals surface area contributed by atoms with E-state index in [1.807, 2.05) is 19.9 Å². The fourth-order valence-electron chi connectivity index (χ4n) is 2.40. The molecular formula is C19H20ClFN4O3. The fourth-order valence-corrected chi connectivity index (χ4v) is 2.58. The van der Waals surface area contributed by atoms with Gasteiger partial charge in [-0.3, -0.25) is 9.59 Å². The lowest BCUT2D eigenvalue weighted by Crippen LogP contribution is -2.32. The highest BCUT2D eigenvalue weighted by atomic mass is 35.5. The minimum Gasteiger partial charge on any atom is -0.507 e. The van der Waals surface area contributed by atoms with Crippen LogP contribution in [0.5, 0.6) is 5.75 Å². The number of amides is 2. The largest absolute Gasteiger partial charge is 0.507 e. The topological polar surface area (TPSA) is 94.0 Å². The summed E-state index contributed by atoms with van der Waals surface area (Å²) in [4.78, 5) is 25.7. The van der Waals surface area contributed by atoms with Gasteiger partial charge in [0.2, 0.25) is 0 Å². The first-order valence-corrected chi connectivity index (χ1v) is 8.90. The number of carbonyl (C=O) groups excluding carboxylic acids is 2. The lowest BCUT2D eigenvalue weighted by atomic mass is 10.2. The Morgan fingerprint density at radius 1 is 1.18 bits per heavy atom. The summed E-state index contributed by atoms with van der Waals surface area (Å²) in [6, 6.07) is 8.59. The minimum absolute atomic E-state index is 0.00666. The van der Waals surface area contributed by atoms with Crippen LogP contribution in [0.1, 0.15) is 19.4 Å². The molecule has 0 fully saturated rings. The van der Waals surface area contributed by atoms with Crippen LogP contribution in [-0.4, -0.2) is 36.2 Å². The van der Waals surface area contributed by atoms with Crippen LogP contribution in [-0.2, 0) is 9.59 Å². The Hall–Kier alpha value is -3.13. The second-order valence-electron chi connectivity index (χ2n) is 5.70. The number of aromatic hydroxyl groups is 1. The molecule has 9 heteroatoms. The predicted octanol–water partition coefficient (Wildman–Crippen LogP) is 3.12. The van der Waals surface area contributed by atoms with E-state index in [0.29, 0.717) is 5.56 Å². The maximum Gasteiger partial charge on any atom is 0.329 e. The van der Waals surface area contributed by atoms with E-state index in [-0.39, 0.29) is 16.5 Å². The van der Waals surface area contributed by atoms with E-state index in [0.717, 1.165) is 24.8 Å². The van der Waals surface area contributed by atoms with Crippen LogP contribution in [0, 0.1) is 5.82 Å². The summed E-state index contributed by atoms with van der Waals surface area (Å²) in [7, 11) is 0. The van der Waals surface area contributed by atoms with Gasteiger partial charge in [0, 0.05) is 36.1 Å². The number of carbonyl (C=O) groups is 2. The van der Waals surface area contributed by atoms with Crippen molar-refractivity contribution in [3.05, 3.63) is 52.8 Å². The molecule has 2 amide bonds. The quantitative estimate of drug-likeness (QED) is 0.390. The predicted molar refractivity (Wildman–Crippen MR) is 107 cm³/mol. The minimum atomic E-state index is -1.03. The van der Waals surface area contributed by atoms with Crippen molar-refractivity contribution in [3.8, 4) is 5.75 Å². The monoisotopic (exact) mass is 406 g/mol. The van der Waals surface area contributed by atoms with Crippen LogP contribution in [0.3, 0.4) is 0 Å². The van der Waals surface area contributed by atoms with Crippen molar-refractivity contribution in [2.24, 2.45) is 5.10 Å². The van der Waals surface area contributed by atoms with E-state index in [2.05, 4.69) is 20.7 Å². The highest BCUT2D eigenvalue weighted by Crippen LogP contribution is 2.23. The van der Waals surface area contributed by atoms with Gasteiger partial charge in [-0.15, -0.1) is 0 Å². The molecule has 0 saturated carbocycles. The first-order chi connectivity index (χ1) is 13.3. The van der Waals surface area contributed by atoms with Gasteiger partial charge in [-0.25, -0.2) is 9.82 Å². The zero-order chi connectivity index (χ0) is 20.7. The summed E-state index contributed by atoms with van der Waals surface area (Å²) >= 11 is 5.62. The van der Waals surface area contributed by atoms with Crippen LogP contribution >= 0.6 is 11.6 Å². The maximum atomic E-state index is 13.1. The van der Waals surface area contributed by atoms with E-state index in [1.54, 1.807) is 12.1 Å². The number of nitrogens with one attached hydrogen (secondary N) is 2. The number of anilines is 2. The highest BCUT2D eigenvalue weighted by Gasteiger charge is 2.14. The number of hydrazone groups is 1. The van der Waals surface area contributed by atoms with Gasteiger partial charge >= 0.3 is 11.8 Å². The number of nitrogens with zero attached hydrogens (tertiary/aromatic N) is 2. The molecule has 0 unspecified atom stereocenters. The second kappa shape index (κ2) is 9.70. The molecule has 3 N–H and O–H groups in total. The molecule has 0 radical (unpaired) electrons. The lowest BCUT2D eigenvalue weighted by Gasteiger charge is -2.21. The average Bonchev–Trinajstić information content (AvgIpc) is 2.67. The summed E-state index contributed by atoms with van der Waals surface area (Å²) in [5.41, 5.74) is 3.46. The molecule has 0 atom stereocenters. The number of benzene rings is 2. The zero-order valence-corrected chi connectivity index (χ0v) is 16.1. The Morgan fingerprint density at radius 2 is 1.89 bits per heavy atom. The number of hydrogen-bond donors (Lipinski definition) is 3. The zero-order valence-electron chi connectivity index (χ0n) is 15.4. The molecule has 0 saturated heterocycles. The molecule has 0 aromatic heterocycles. The van der Waals surface area contributed by atoms with Gasteiger partial charge in [-0.05, 0) is 44.2 Å². The second-order valence-corrected chi connectivity index (χ2v) is 6.10. The standard InChI is InChI=1S/C19H20ClFN4O3/c1-3-25(4-2)14-7-5-12(17(26)10-14)11-22-24-19(28)18(27)23-13-6-8-16(21)15(20)9-13/h5-11,26H,3-4H2,1-2H3,(H,23,27)(H,24,28). The van der Waals surface area contributed by atoms with E-state index >= 15 is 0 Å². The summed E-state index contributed by atoms with van der Waals surface area (Å²) in [5.74, 6) is -2.68. The van der Waals surface area contributed by atoms with Crippen molar-refractivity contribution in [3.63, 3.8) is 0 Å². The molecule has 7 nitrogen and oxygen atoms in total. The third-order valence-corrected chi connectivity index (χ3v) is 4.19. The molecule has 0 aliphatic heterocycles. The Balaban J connectivity index is 1.96. The fraction of sp³-hybridized carbons (Fsp3) is 0.211. The van der Waals surface area contributed by atoms with Gasteiger partial charge in [-0.2, -0.15) is 5.10 Å². The summed E-state index contributed by atoms with van der Waals surface area (Å²) in [6.45, 7) is 5.62. The molecule has 0 bridgehead atoms. The van der Waals surface area contributed by atoms with Crippen LogP contribution in [0.4, 0.5) is 15.8 Å². The van der Waals surface area contributed by atoms with Crippen molar-refractivity contribution < 1.29 is 19.1 Å². The molecule has 2 rings (SSSR count). The number of rotatable bonds is 6. The molecule has 0 heterocycles. The Morgan fingerprint density at radius 3 is 2.50 bits per heavy atom. The van der Waals surface area contributed by atoms with Crippen molar-refractivity contribution in [2.45, 2.75) is 13.8 Å². The van der Waals surface area contributed by atoms with Crippen LogP contribution in [0.15, 0.2) is 41.5 Å². The van der Waals surface area contributed by atoms with Crippen LogP contribution in [0.25, 0.3) is 0 Å². The lowest BCUT2D eigenvalue weighted by molar-refractivity contribution is -0.136. The number of hydrogen-bond acceptors (Lipinski definition) is 5. The Kier molecular flexibility index (Phi) is 7.34. The van der Waals surface area contributed by atoms with Crippen LogP contribution < -0.4 is 15.6 Å². The molecule has 0 aliphatic carbocycles. The van der Waals surface area contributed by atoms with E-state index in [1.165, 1.54) is 18.3 Å². The van der Waals surface area contributed by atoms with Crippen molar-refractivity contribution in [1.82, 2.24) is 5.43 Å². The summed E-state index contributed by atoms with van der Waals surface area (Å²) in [5, 5.41) is 15.9. The first kappa shape index (κ1) is 21.2. The molecule has 28 heavy (non-hydrogen) atoms. The van der Waals surface area contributed by atoms with Gasteiger partial charge in [-0.1, -0.05) is 11.6 Å². The smallest absolute Gasteiger partial charge is 0.329 e. The Labute approximate surface area is 166 Å². The molecule has 2 aromatic rings. The SMILES string of the molecule is CCN(CC)c1ccc(C=NNC(=O)C(=O)Nc2ccc(F)c(Cl)c2)c(O)c1. The third-order valence-electron chi connectivity index (χ3n) is 3.90. The third kappa shape index (κ3) is 5.43. The van der Waals surface area contributed by atoms with E-state index in [9.17, 15) is 19.1 Å². The summed E-state index contributed by atoms with van der Waals surface area (Å²) < 4.78 is 13.1. The van der Waals surface area contributed by atoms with Crippen molar-refractivity contribution >= 4 is 41.0 Å². The maximum absolute atomic E-state index is 13.1. The number of phenolic OH excluding ortho intramolecular Hbond substituents is 1. The molecule has 148 valence electrons. The molecule has 0 spiro atoms. The highest BCUT2D eigenvalue weighted by molar-refractivity contribution is 6.39. The van der Waals surface area contributed by atoms with Crippen LogP contribution in [0.2, 0.25) is 5.02 Å². The normalized spacial score (nSPS) is 10.7. The number of phenols is 1. The van der Waals surface area contributed by atoms with Crippen molar-refractivity contribution in [2.75, 3.05) is 23.3 Å². The van der Waals surface area contributed by atoms with Crippen molar-refractivity contribution in [1.29, 1.82) is 0 Å². The van der Waals surface area contributed by atoms with Gasteiger partial charge in [0.25, 0.3) is 0 Å². The van der Waals surface area contributed by atoms with Gasteiger partial charge in [0.15, 0.2) is 0 Å². The van der Waals surface area contributed by atoms with Gasteiger partial charge in [0.1, 0.15) is 11.6 Å². The number of halogens is 2. The molecular weight excluding hydrogens is 387 g/mol. The average molecular weight is 407 g/mol. The van der Waals surface area contributed by atoms with E-state index in [4.69, 9.17) is 11.6 Å². The molecule has 0 aliphatic rings. The van der Waals surface area contributed by atoms with E-state index < -0.39 is 17.6 Å². The Bertz CT molecular complexity index is 901.